The van der Waals surface area contributed by atoms with Crippen molar-refractivity contribution in [3.05, 3.63) is 27.7 Å². The number of benzene rings is 1. The first kappa shape index (κ1) is 12.6. The van der Waals surface area contributed by atoms with Crippen molar-refractivity contribution < 1.29 is 4.79 Å². The molecule has 17 heavy (non-hydrogen) atoms. The number of carbonyl (C=O) groups is 1. The molecular formula is C13H17BrN2O. The van der Waals surface area contributed by atoms with Gasteiger partial charge in [-0.1, -0.05) is 15.9 Å². The summed E-state index contributed by atoms with van der Waals surface area (Å²) >= 11 is 3.45. The molecule has 4 heteroatoms. The van der Waals surface area contributed by atoms with Gasteiger partial charge in [-0.25, -0.2) is 0 Å². The van der Waals surface area contributed by atoms with E-state index in [2.05, 4.69) is 26.6 Å². The molecule has 3 nitrogen and oxygen atoms in total. The van der Waals surface area contributed by atoms with Crippen LogP contribution in [0.15, 0.2) is 16.6 Å². The highest BCUT2D eigenvalue weighted by atomic mass is 79.9. The van der Waals surface area contributed by atoms with Crippen molar-refractivity contribution in [2.75, 3.05) is 11.9 Å². The number of amides is 1. The first-order valence-corrected chi connectivity index (χ1v) is 6.68. The molecule has 0 unspecified atom stereocenters. The number of rotatable bonds is 2. The third-order valence-electron chi connectivity index (χ3n) is 3.12. The van der Waals surface area contributed by atoms with Gasteiger partial charge >= 0.3 is 0 Å². The molecule has 0 radical (unpaired) electrons. The SMILES string of the molecule is Cc1cc(Br)cc(C)c1NC(=O)[C@H]1CCCN1. The first-order chi connectivity index (χ1) is 8.08. The third kappa shape index (κ3) is 2.87. The number of nitrogens with one attached hydrogen (secondary N) is 2. The number of carbonyl (C=O) groups excluding carboxylic acids is 1. The van der Waals surface area contributed by atoms with Crippen LogP contribution in [0.5, 0.6) is 0 Å². The minimum Gasteiger partial charge on any atom is -0.324 e. The lowest BCUT2D eigenvalue weighted by molar-refractivity contribution is -0.117. The number of hydrogen-bond donors (Lipinski definition) is 2. The molecule has 1 atom stereocenters. The summed E-state index contributed by atoms with van der Waals surface area (Å²) in [6, 6.07) is 4.01. The lowest BCUT2D eigenvalue weighted by Crippen LogP contribution is -2.35. The normalized spacial score (nSPS) is 19.4. The van der Waals surface area contributed by atoms with Crippen LogP contribution in [0.3, 0.4) is 0 Å². The average Bonchev–Trinajstić information content (AvgIpc) is 2.76. The molecule has 0 aromatic heterocycles. The Balaban J connectivity index is 2.15. The van der Waals surface area contributed by atoms with Crippen LogP contribution in [0.25, 0.3) is 0 Å². The molecule has 1 aliphatic heterocycles. The fourth-order valence-electron chi connectivity index (χ4n) is 2.23. The second-order valence-electron chi connectivity index (χ2n) is 4.55. The molecule has 1 heterocycles. The van der Waals surface area contributed by atoms with Gasteiger partial charge in [-0.15, -0.1) is 0 Å². The van der Waals surface area contributed by atoms with Gasteiger partial charge in [-0.3, -0.25) is 4.79 Å². The van der Waals surface area contributed by atoms with Crippen LogP contribution < -0.4 is 10.6 Å². The summed E-state index contributed by atoms with van der Waals surface area (Å²) in [7, 11) is 0. The molecule has 1 aromatic carbocycles. The number of anilines is 1. The average molecular weight is 297 g/mol. The summed E-state index contributed by atoms with van der Waals surface area (Å²) in [5.74, 6) is 0.0797. The van der Waals surface area contributed by atoms with Gasteiger partial charge in [0.05, 0.1) is 6.04 Å². The van der Waals surface area contributed by atoms with Crippen LogP contribution in [-0.2, 0) is 4.79 Å². The van der Waals surface area contributed by atoms with Gasteiger partial charge in [0, 0.05) is 10.2 Å². The molecule has 2 N–H and O–H groups in total. The van der Waals surface area contributed by atoms with Gasteiger partial charge in [-0.2, -0.15) is 0 Å². The Labute approximate surface area is 110 Å². The van der Waals surface area contributed by atoms with Crippen molar-refractivity contribution in [3.8, 4) is 0 Å². The molecule has 1 amide bonds. The van der Waals surface area contributed by atoms with Crippen molar-refractivity contribution >= 4 is 27.5 Å². The van der Waals surface area contributed by atoms with Gasteiger partial charge in [0.15, 0.2) is 0 Å². The van der Waals surface area contributed by atoms with Crippen LogP contribution >= 0.6 is 15.9 Å². The summed E-state index contributed by atoms with van der Waals surface area (Å²) < 4.78 is 1.05. The topological polar surface area (TPSA) is 41.1 Å². The predicted octanol–water partition coefficient (Wildman–Crippen LogP) is 2.76. The van der Waals surface area contributed by atoms with Crippen molar-refractivity contribution in [1.82, 2.24) is 5.32 Å². The van der Waals surface area contributed by atoms with Crippen LogP contribution in [0, 0.1) is 13.8 Å². The number of halogens is 1. The van der Waals surface area contributed by atoms with Gasteiger partial charge in [0.1, 0.15) is 0 Å². The maximum absolute atomic E-state index is 12.0. The zero-order valence-electron chi connectivity index (χ0n) is 10.1. The lowest BCUT2D eigenvalue weighted by Gasteiger charge is -2.15. The van der Waals surface area contributed by atoms with E-state index in [0.29, 0.717) is 0 Å². The Morgan fingerprint density at radius 1 is 1.41 bits per heavy atom. The van der Waals surface area contributed by atoms with E-state index in [1.54, 1.807) is 0 Å². The Kier molecular flexibility index (Phi) is 3.84. The summed E-state index contributed by atoms with van der Waals surface area (Å²) in [5, 5.41) is 6.23. The maximum Gasteiger partial charge on any atom is 0.241 e. The Hall–Kier alpha value is -0.870. The standard InChI is InChI=1S/C13H17BrN2O/c1-8-6-10(14)7-9(2)12(8)16-13(17)11-4-3-5-15-11/h6-7,11,15H,3-5H2,1-2H3,(H,16,17)/t11-/m1/s1. The highest BCUT2D eigenvalue weighted by Crippen LogP contribution is 2.25. The molecular weight excluding hydrogens is 280 g/mol. The zero-order valence-corrected chi connectivity index (χ0v) is 11.7. The van der Waals surface area contributed by atoms with Crippen LogP contribution in [0.2, 0.25) is 0 Å². The van der Waals surface area contributed by atoms with Crippen LogP contribution in [-0.4, -0.2) is 18.5 Å². The van der Waals surface area contributed by atoms with E-state index in [1.165, 1.54) is 0 Å². The van der Waals surface area contributed by atoms with E-state index in [0.717, 1.165) is 40.7 Å². The molecule has 0 bridgehead atoms. The molecule has 0 aliphatic carbocycles. The second-order valence-corrected chi connectivity index (χ2v) is 5.47. The van der Waals surface area contributed by atoms with E-state index >= 15 is 0 Å². The Morgan fingerprint density at radius 3 is 2.59 bits per heavy atom. The smallest absolute Gasteiger partial charge is 0.241 e. The summed E-state index contributed by atoms with van der Waals surface area (Å²) in [6.45, 7) is 4.96. The van der Waals surface area contributed by atoms with E-state index in [4.69, 9.17) is 0 Å². The van der Waals surface area contributed by atoms with E-state index in [9.17, 15) is 4.79 Å². The van der Waals surface area contributed by atoms with E-state index in [-0.39, 0.29) is 11.9 Å². The number of hydrogen-bond acceptors (Lipinski definition) is 2. The minimum absolute atomic E-state index is 0.0301. The summed E-state index contributed by atoms with van der Waals surface area (Å²) in [5.41, 5.74) is 3.11. The first-order valence-electron chi connectivity index (χ1n) is 5.89. The van der Waals surface area contributed by atoms with Gasteiger partial charge in [0.25, 0.3) is 0 Å². The molecule has 0 saturated carbocycles. The lowest BCUT2D eigenvalue weighted by atomic mass is 10.1. The third-order valence-corrected chi connectivity index (χ3v) is 3.58. The van der Waals surface area contributed by atoms with Crippen molar-refractivity contribution in [3.63, 3.8) is 0 Å². The fourth-order valence-corrected chi connectivity index (χ4v) is 2.91. The highest BCUT2D eigenvalue weighted by molar-refractivity contribution is 9.10. The monoisotopic (exact) mass is 296 g/mol. The van der Waals surface area contributed by atoms with Crippen LogP contribution in [0.1, 0.15) is 24.0 Å². The predicted molar refractivity (Wildman–Crippen MR) is 73.3 cm³/mol. The maximum atomic E-state index is 12.0. The zero-order chi connectivity index (χ0) is 12.4. The number of aryl methyl sites for hydroxylation is 2. The Bertz CT molecular complexity index is 416. The second kappa shape index (κ2) is 5.19. The molecule has 1 saturated heterocycles. The molecule has 2 rings (SSSR count). The molecule has 0 spiro atoms. The van der Waals surface area contributed by atoms with Crippen molar-refractivity contribution in [2.24, 2.45) is 0 Å². The largest absolute Gasteiger partial charge is 0.324 e. The van der Waals surface area contributed by atoms with Crippen molar-refractivity contribution in [1.29, 1.82) is 0 Å². The van der Waals surface area contributed by atoms with Gasteiger partial charge in [0.2, 0.25) is 5.91 Å². The molecule has 1 aliphatic rings. The molecule has 92 valence electrons. The van der Waals surface area contributed by atoms with E-state index in [1.807, 2.05) is 26.0 Å². The minimum atomic E-state index is -0.0301. The van der Waals surface area contributed by atoms with E-state index < -0.39 is 0 Å². The summed E-state index contributed by atoms with van der Waals surface area (Å²) in [6.07, 6.45) is 2.01. The fraction of sp³-hybridized carbons (Fsp3) is 0.462. The molecule has 1 aromatic rings. The molecule has 1 fully saturated rings. The van der Waals surface area contributed by atoms with Gasteiger partial charge in [-0.05, 0) is 56.5 Å². The van der Waals surface area contributed by atoms with Gasteiger partial charge < -0.3 is 10.6 Å². The van der Waals surface area contributed by atoms with Crippen molar-refractivity contribution in [2.45, 2.75) is 32.7 Å². The quantitative estimate of drug-likeness (QED) is 0.881. The highest BCUT2D eigenvalue weighted by Gasteiger charge is 2.22. The van der Waals surface area contributed by atoms with Crippen LogP contribution in [0.4, 0.5) is 5.69 Å². The summed E-state index contributed by atoms with van der Waals surface area (Å²) in [4.78, 5) is 12.0. The Morgan fingerprint density at radius 2 is 2.06 bits per heavy atom.